The van der Waals surface area contributed by atoms with Crippen LogP contribution in [0.5, 0.6) is 5.75 Å². The van der Waals surface area contributed by atoms with Gasteiger partial charge in [-0.3, -0.25) is 19.2 Å². The molecule has 2 unspecified atom stereocenters. The molecule has 0 saturated carbocycles. The van der Waals surface area contributed by atoms with Crippen molar-refractivity contribution >= 4 is 34.4 Å². The Morgan fingerprint density at radius 1 is 1.17 bits per heavy atom. The number of aromatic amines is 1. The number of hydrogen-bond acceptors (Lipinski definition) is 6. The third-order valence-electron chi connectivity index (χ3n) is 5.19. The summed E-state index contributed by atoms with van der Waals surface area (Å²) in [5, 5.41) is 8.60. The first-order valence-corrected chi connectivity index (χ1v) is 11.7. The van der Waals surface area contributed by atoms with E-state index >= 15 is 0 Å². The van der Waals surface area contributed by atoms with Crippen LogP contribution in [0.4, 0.5) is 0 Å². The highest BCUT2D eigenvalue weighted by molar-refractivity contribution is 6.01. The van der Waals surface area contributed by atoms with E-state index in [1.54, 1.807) is 25.3 Å². The van der Waals surface area contributed by atoms with Gasteiger partial charge in [-0.1, -0.05) is 26.8 Å². The number of fused-ring (bicyclic) bond motifs is 1. The molecule has 2 aromatic rings. The van der Waals surface area contributed by atoms with Crippen LogP contribution in [0.25, 0.3) is 10.9 Å². The summed E-state index contributed by atoms with van der Waals surface area (Å²) in [6.45, 7) is 6.55. The molecule has 0 radical (unpaired) electrons. The smallest absolute Gasteiger partial charge is 0.268 e. The number of Topliss-reactive ketones (excluding diaryl/α,β-unsaturated/α-hetero) is 1. The Labute approximate surface area is 205 Å². The highest BCUT2D eigenvalue weighted by atomic mass is 16.5. The molecule has 2 atom stereocenters. The molecule has 3 amide bonds. The zero-order chi connectivity index (χ0) is 26.0. The van der Waals surface area contributed by atoms with E-state index in [1.807, 2.05) is 6.07 Å². The van der Waals surface area contributed by atoms with E-state index in [-0.39, 0.29) is 42.9 Å². The van der Waals surface area contributed by atoms with E-state index in [2.05, 4.69) is 41.7 Å². The number of carbonyl (C=O) groups excluding carboxylic acids is 4. The maximum absolute atomic E-state index is 12.5. The van der Waals surface area contributed by atoms with E-state index < -0.39 is 17.9 Å². The molecule has 10 heteroatoms. The average Bonchev–Trinajstić information content (AvgIpc) is 3.42. The van der Waals surface area contributed by atoms with Crippen LogP contribution in [0.1, 0.15) is 44.1 Å². The number of carbonyl (C=O) groups is 4. The summed E-state index contributed by atoms with van der Waals surface area (Å²) in [6, 6.07) is 6.18. The van der Waals surface area contributed by atoms with Crippen LogP contribution >= 0.6 is 0 Å². The van der Waals surface area contributed by atoms with Crippen molar-refractivity contribution in [1.29, 1.82) is 0 Å². The minimum Gasteiger partial charge on any atom is -0.496 e. The standard InChI is InChI=1S/C21H26N4O6.C4H10/c1-30-11-17(26)15(8-12-6-7-22-20(12)28)25-19(27)10-23-21(29)16-9-13-14(24-16)4-3-5-18(13)31-2;1-4(2)3/h3-5,9,12,15,24H,6-8,10-11H2,1-2H3,(H,22,28)(H,23,29)(H,25,27);4H,1-3H3. The Morgan fingerprint density at radius 3 is 2.49 bits per heavy atom. The van der Waals surface area contributed by atoms with Gasteiger partial charge in [-0.2, -0.15) is 0 Å². The third-order valence-corrected chi connectivity index (χ3v) is 5.19. The molecule has 35 heavy (non-hydrogen) atoms. The van der Waals surface area contributed by atoms with E-state index in [0.29, 0.717) is 18.7 Å². The van der Waals surface area contributed by atoms with Crippen LogP contribution < -0.4 is 20.7 Å². The van der Waals surface area contributed by atoms with Crippen molar-refractivity contribution in [2.24, 2.45) is 11.8 Å². The number of aromatic nitrogens is 1. The van der Waals surface area contributed by atoms with E-state index in [1.165, 1.54) is 7.11 Å². The lowest BCUT2D eigenvalue weighted by molar-refractivity contribution is -0.130. The molecule has 192 valence electrons. The number of ether oxygens (including phenoxy) is 2. The molecule has 0 spiro atoms. The van der Waals surface area contributed by atoms with Crippen LogP contribution in [-0.4, -0.2) is 68.4 Å². The largest absolute Gasteiger partial charge is 0.496 e. The van der Waals surface area contributed by atoms with Crippen molar-refractivity contribution in [3.63, 3.8) is 0 Å². The second kappa shape index (κ2) is 13.5. The van der Waals surface area contributed by atoms with Gasteiger partial charge in [0.1, 0.15) is 18.1 Å². The first-order chi connectivity index (χ1) is 16.7. The fourth-order valence-corrected chi connectivity index (χ4v) is 3.60. The minimum absolute atomic E-state index is 0.132. The molecule has 1 fully saturated rings. The Hall–Kier alpha value is -3.40. The molecular weight excluding hydrogens is 452 g/mol. The summed E-state index contributed by atoms with van der Waals surface area (Å²) >= 11 is 0. The summed E-state index contributed by atoms with van der Waals surface area (Å²) in [6.07, 6.45) is 0.793. The predicted molar refractivity (Wildman–Crippen MR) is 132 cm³/mol. The van der Waals surface area contributed by atoms with Gasteiger partial charge in [-0.05, 0) is 37.0 Å². The van der Waals surface area contributed by atoms with E-state index in [0.717, 1.165) is 16.8 Å². The van der Waals surface area contributed by atoms with Crippen molar-refractivity contribution in [1.82, 2.24) is 20.9 Å². The lowest BCUT2D eigenvalue weighted by atomic mass is 9.96. The summed E-state index contributed by atoms with van der Waals surface area (Å²) in [5.74, 6) is -0.349. The minimum atomic E-state index is -0.865. The lowest BCUT2D eigenvalue weighted by Crippen LogP contribution is -2.47. The summed E-state index contributed by atoms with van der Waals surface area (Å²) < 4.78 is 10.2. The van der Waals surface area contributed by atoms with Gasteiger partial charge in [0.05, 0.1) is 19.7 Å². The Kier molecular flexibility index (Phi) is 10.7. The monoisotopic (exact) mass is 488 g/mol. The SMILES string of the molecule is CC(C)C.COCC(=O)C(CC1CCNC1=O)NC(=O)CNC(=O)c1cc2c(OC)cccc2[nH]1. The molecule has 0 aliphatic carbocycles. The van der Waals surface area contributed by atoms with Crippen molar-refractivity contribution in [3.05, 3.63) is 30.0 Å². The highest BCUT2D eigenvalue weighted by Crippen LogP contribution is 2.25. The molecule has 2 heterocycles. The maximum atomic E-state index is 12.5. The zero-order valence-corrected chi connectivity index (χ0v) is 21.0. The Balaban J connectivity index is 0.00000100. The van der Waals surface area contributed by atoms with Gasteiger partial charge in [-0.15, -0.1) is 0 Å². The second-order valence-corrected chi connectivity index (χ2v) is 9.05. The summed E-state index contributed by atoms with van der Waals surface area (Å²) in [7, 11) is 2.93. The number of ketones is 1. The van der Waals surface area contributed by atoms with Gasteiger partial charge in [0.25, 0.3) is 5.91 Å². The number of methoxy groups -OCH3 is 2. The third kappa shape index (κ3) is 8.40. The molecule has 1 aromatic carbocycles. The van der Waals surface area contributed by atoms with Crippen LogP contribution in [0.2, 0.25) is 0 Å². The number of hydrogen-bond donors (Lipinski definition) is 4. The van der Waals surface area contributed by atoms with Gasteiger partial charge in [0.15, 0.2) is 5.78 Å². The Morgan fingerprint density at radius 2 is 1.89 bits per heavy atom. The number of benzene rings is 1. The molecule has 1 saturated heterocycles. The number of amides is 3. The molecule has 10 nitrogen and oxygen atoms in total. The van der Waals surface area contributed by atoms with Gasteiger partial charge >= 0.3 is 0 Å². The van der Waals surface area contributed by atoms with E-state index in [4.69, 9.17) is 9.47 Å². The fraction of sp³-hybridized carbons (Fsp3) is 0.520. The van der Waals surface area contributed by atoms with Crippen LogP contribution in [0.15, 0.2) is 24.3 Å². The van der Waals surface area contributed by atoms with Crippen LogP contribution in [-0.2, 0) is 19.1 Å². The van der Waals surface area contributed by atoms with Crippen molar-refractivity contribution < 1.29 is 28.7 Å². The summed E-state index contributed by atoms with van der Waals surface area (Å²) in [5.41, 5.74) is 1.01. The normalized spacial score (nSPS) is 15.7. The molecule has 1 aliphatic heterocycles. The quantitative estimate of drug-likeness (QED) is 0.402. The molecule has 3 rings (SSSR count). The molecular formula is C25H36N4O6. The first kappa shape index (κ1) is 27.8. The lowest BCUT2D eigenvalue weighted by Gasteiger charge is -2.19. The summed E-state index contributed by atoms with van der Waals surface area (Å²) in [4.78, 5) is 52.0. The van der Waals surface area contributed by atoms with Crippen molar-refractivity contribution in [2.45, 2.75) is 39.7 Å². The molecule has 1 aromatic heterocycles. The maximum Gasteiger partial charge on any atom is 0.268 e. The van der Waals surface area contributed by atoms with Crippen LogP contribution in [0.3, 0.4) is 0 Å². The molecule has 4 N–H and O–H groups in total. The highest BCUT2D eigenvalue weighted by Gasteiger charge is 2.31. The van der Waals surface area contributed by atoms with Gasteiger partial charge in [0.2, 0.25) is 11.8 Å². The van der Waals surface area contributed by atoms with Gasteiger partial charge < -0.3 is 30.4 Å². The topological polar surface area (TPSA) is 139 Å². The second-order valence-electron chi connectivity index (χ2n) is 9.05. The fourth-order valence-electron chi connectivity index (χ4n) is 3.60. The number of nitrogens with one attached hydrogen (secondary N) is 4. The van der Waals surface area contributed by atoms with Gasteiger partial charge in [-0.25, -0.2) is 0 Å². The molecule has 1 aliphatic rings. The molecule has 0 bridgehead atoms. The number of rotatable bonds is 10. The van der Waals surface area contributed by atoms with Crippen LogP contribution in [0, 0.1) is 11.8 Å². The Bertz CT molecular complexity index is 1030. The predicted octanol–water partition coefficient (Wildman–Crippen LogP) is 1.80. The van der Waals surface area contributed by atoms with E-state index in [9.17, 15) is 19.2 Å². The van der Waals surface area contributed by atoms with Crippen molar-refractivity contribution in [3.8, 4) is 5.75 Å². The van der Waals surface area contributed by atoms with Crippen molar-refractivity contribution in [2.75, 3.05) is 33.9 Å². The zero-order valence-electron chi connectivity index (χ0n) is 21.0. The number of H-pyrrole nitrogens is 1. The van der Waals surface area contributed by atoms with Gasteiger partial charge in [0, 0.05) is 30.5 Å². The average molecular weight is 489 g/mol. The first-order valence-electron chi connectivity index (χ1n) is 11.7.